The van der Waals surface area contributed by atoms with E-state index in [9.17, 15) is 34.4 Å². The standard InChI is InChI=1S/C14H18FIN2O10/c15-14(25)10(22)6(3-20)27-12(14)18-1-4(11(23)17-13(18)24)8-9(28-16)7(21)5(2-19)26-8/h1,5-10,12,19-22,25H,2-3H2,(H,17,23,24)/t5-,6+,7-,8+,9+,10+,12+,14+/m0/s1. The molecular weight excluding hydrogens is 502 g/mol. The molecule has 12 nitrogen and oxygen atoms in total. The molecule has 0 aliphatic carbocycles. The molecule has 2 fully saturated rings. The van der Waals surface area contributed by atoms with Crippen molar-refractivity contribution in [3.05, 3.63) is 32.6 Å². The minimum Gasteiger partial charge on any atom is -0.394 e. The zero-order valence-electron chi connectivity index (χ0n) is 14.0. The Morgan fingerprint density at radius 1 is 1.25 bits per heavy atom. The van der Waals surface area contributed by atoms with Gasteiger partial charge in [0.25, 0.3) is 11.4 Å². The van der Waals surface area contributed by atoms with Crippen molar-refractivity contribution in [1.29, 1.82) is 0 Å². The second-order valence-corrected chi connectivity index (χ2v) is 6.96. The number of rotatable bonds is 5. The summed E-state index contributed by atoms with van der Waals surface area (Å²) in [6, 6.07) is 0. The first-order chi connectivity index (χ1) is 13.2. The Labute approximate surface area is 169 Å². The van der Waals surface area contributed by atoms with E-state index in [4.69, 9.17) is 17.6 Å². The molecule has 1 aromatic rings. The number of nitrogens with zero attached hydrogens (tertiary/aromatic N) is 1. The summed E-state index contributed by atoms with van der Waals surface area (Å²) < 4.78 is 30.6. The third-order valence-corrected chi connectivity index (χ3v) is 5.36. The van der Waals surface area contributed by atoms with Crippen LogP contribution in [0.1, 0.15) is 17.9 Å². The minimum absolute atomic E-state index is 0.280. The van der Waals surface area contributed by atoms with Gasteiger partial charge in [-0.2, -0.15) is 0 Å². The van der Waals surface area contributed by atoms with Crippen molar-refractivity contribution in [2.24, 2.45) is 0 Å². The largest absolute Gasteiger partial charge is 0.394 e. The van der Waals surface area contributed by atoms with E-state index >= 15 is 0 Å². The summed E-state index contributed by atoms with van der Waals surface area (Å²) in [5, 5.41) is 48.2. The molecule has 2 saturated heterocycles. The molecule has 3 heterocycles. The summed E-state index contributed by atoms with van der Waals surface area (Å²) in [5.41, 5.74) is -2.38. The molecule has 2 aliphatic rings. The van der Waals surface area contributed by atoms with Gasteiger partial charge in [0.2, 0.25) is 0 Å². The highest BCUT2D eigenvalue weighted by molar-refractivity contribution is 14.1. The molecular formula is C14H18FIN2O10. The number of aliphatic hydroxyl groups is 5. The lowest BCUT2D eigenvalue weighted by Crippen LogP contribution is -2.46. The van der Waals surface area contributed by atoms with Gasteiger partial charge in [0.15, 0.2) is 6.23 Å². The summed E-state index contributed by atoms with van der Waals surface area (Å²) in [6.45, 7) is -1.41. The third-order valence-electron chi connectivity index (χ3n) is 4.77. The number of hydrogen-bond donors (Lipinski definition) is 6. The fourth-order valence-corrected chi connectivity index (χ4v) is 3.83. The summed E-state index contributed by atoms with van der Waals surface area (Å²) in [6.07, 6.45) is -9.64. The van der Waals surface area contributed by atoms with Crippen molar-refractivity contribution in [2.45, 2.75) is 48.7 Å². The first-order valence-electron chi connectivity index (χ1n) is 8.10. The van der Waals surface area contributed by atoms with Crippen LogP contribution in [0.15, 0.2) is 15.8 Å². The van der Waals surface area contributed by atoms with Crippen molar-refractivity contribution < 1.29 is 42.5 Å². The number of halogens is 2. The monoisotopic (exact) mass is 520 g/mol. The van der Waals surface area contributed by atoms with E-state index in [1.165, 1.54) is 23.0 Å². The first kappa shape index (κ1) is 21.7. The predicted molar refractivity (Wildman–Crippen MR) is 94.0 cm³/mol. The SMILES string of the molecule is O=c1[nH]c(=O)n([C@@H]2O[C@H](CO)[C@@H](O)[C@]2(O)F)cc1[C@H]1O[C@@H](CO)[C@H](O)[C@H]1OI. The van der Waals surface area contributed by atoms with Crippen LogP contribution in [-0.4, -0.2) is 84.7 Å². The topological polar surface area (TPSA) is 184 Å². The number of alkyl halides is 1. The number of nitrogens with one attached hydrogen (secondary N) is 1. The van der Waals surface area contributed by atoms with E-state index in [2.05, 4.69) is 0 Å². The summed E-state index contributed by atoms with van der Waals surface area (Å²) >= 11 is 1.47. The van der Waals surface area contributed by atoms with Crippen LogP contribution in [0, 0.1) is 0 Å². The molecule has 14 heteroatoms. The zero-order valence-corrected chi connectivity index (χ0v) is 16.2. The van der Waals surface area contributed by atoms with Crippen LogP contribution in [0.3, 0.4) is 0 Å². The highest BCUT2D eigenvalue weighted by atomic mass is 127. The van der Waals surface area contributed by atoms with E-state index in [0.717, 1.165) is 6.20 Å². The molecule has 8 atom stereocenters. The van der Waals surface area contributed by atoms with Crippen LogP contribution in [0.5, 0.6) is 0 Å². The van der Waals surface area contributed by atoms with Gasteiger partial charge in [-0.15, -0.1) is 0 Å². The third kappa shape index (κ3) is 3.41. The fourth-order valence-electron chi connectivity index (χ4n) is 3.26. The maximum Gasteiger partial charge on any atom is 0.330 e. The second kappa shape index (κ2) is 8.04. The fraction of sp³-hybridized carbons (Fsp3) is 0.714. The molecule has 158 valence electrons. The Balaban J connectivity index is 2.05. The number of H-pyrrole nitrogens is 1. The van der Waals surface area contributed by atoms with Crippen molar-refractivity contribution >= 4 is 23.0 Å². The van der Waals surface area contributed by atoms with Crippen LogP contribution < -0.4 is 11.2 Å². The average molecular weight is 520 g/mol. The van der Waals surface area contributed by atoms with Crippen LogP contribution in [0.25, 0.3) is 0 Å². The molecule has 28 heavy (non-hydrogen) atoms. The molecule has 3 rings (SSSR count). The Morgan fingerprint density at radius 2 is 1.89 bits per heavy atom. The molecule has 0 saturated carbocycles. The van der Waals surface area contributed by atoms with Crippen LogP contribution in [0.2, 0.25) is 0 Å². The van der Waals surface area contributed by atoms with Gasteiger partial charge < -0.3 is 38.1 Å². The Morgan fingerprint density at radius 3 is 2.43 bits per heavy atom. The number of aliphatic hydroxyl groups excluding tert-OH is 4. The maximum absolute atomic E-state index is 14.6. The highest BCUT2D eigenvalue weighted by Gasteiger charge is 2.58. The van der Waals surface area contributed by atoms with Crippen LogP contribution in [0.4, 0.5) is 4.39 Å². The summed E-state index contributed by atoms with van der Waals surface area (Å²) in [4.78, 5) is 26.3. The van der Waals surface area contributed by atoms with Crippen molar-refractivity contribution in [2.75, 3.05) is 13.2 Å². The van der Waals surface area contributed by atoms with Crippen molar-refractivity contribution in [3.8, 4) is 0 Å². The Bertz CT molecular complexity index is 831. The van der Waals surface area contributed by atoms with E-state index in [1.807, 2.05) is 4.98 Å². The van der Waals surface area contributed by atoms with Gasteiger partial charge in [-0.25, -0.2) is 9.18 Å². The van der Waals surface area contributed by atoms with E-state index in [-0.39, 0.29) is 5.56 Å². The number of aromatic amines is 1. The molecule has 6 N–H and O–H groups in total. The normalized spacial score (nSPS) is 40.9. The van der Waals surface area contributed by atoms with Gasteiger partial charge in [-0.3, -0.25) is 14.3 Å². The van der Waals surface area contributed by atoms with Crippen LogP contribution >= 0.6 is 23.0 Å². The number of hydrogen-bond acceptors (Lipinski definition) is 10. The Hall–Kier alpha value is -0.980. The molecule has 0 radical (unpaired) electrons. The molecule has 1 aromatic heterocycles. The van der Waals surface area contributed by atoms with Crippen LogP contribution in [-0.2, 0) is 12.5 Å². The quantitative estimate of drug-likeness (QED) is 0.219. The highest BCUT2D eigenvalue weighted by Crippen LogP contribution is 2.40. The number of aromatic nitrogens is 2. The second-order valence-electron chi connectivity index (χ2n) is 6.45. The Kier molecular flexibility index (Phi) is 6.23. The predicted octanol–water partition coefficient (Wildman–Crippen LogP) is -3.03. The van der Waals surface area contributed by atoms with E-state index in [1.54, 1.807) is 0 Å². The lowest BCUT2D eigenvalue weighted by Gasteiger charge is -2.24. The first-order valence-corrected chi connectivity index (χ1v) is 8.98. The molecule has 2 aliphatic heterocycles. The van der Waals surface area contributed by atoms with Gasteiger partial charge in [-0.05, 0) is 0 Å². The molecule has 0 amide bonds. The average Bonchev–Trinajstić information content (AvgIpc) is 3.09. The summed E-state index contributed by atoms with van der Waals surface area (Å²) in [5.74, 6) is -3.45. The molecule has 0 spiro atoms. The molecule has 0 unspecified atom stereocenters. The van der Waals surface area contributed by atoms with E-state index < -0.39 is 73.2 Å². The van der Waals surface area contributed by atoms with Gasteiger partial charge in [0.05, 0.1) is 18.8 Å². The molecule has 0 aromatic carbocycles. The molecule has 0 bridgehead atoms. The summed E-state index contributed by atoms with van der Waals surface area (Å²) in [7, 11) is 0. The van der Waals surface area contributed by atoms with Gasteiger partial charge in [-0.1, -0.05) is 0 Å². The van der Waals surface area contributed by atoms with Gasteiger partial charge in [0.1, 0.15) is 59.6 Å². The number of ether oxygens (including phenoxy) is 2. The van der Waals surface area contributed by atoms with Crippen molar-refractivity contribution in [1.82, 2.24) is 9.55 Å². The lowest BCUT2D eigenvalue weighted by atomic mass is 10.0. The smallest absolute Gasteiger partial charge is 0.330 e. The van der Waals surface area contributed by atoms with Gasteiger partial charge in [0, 0.05) is 6.20 Å². The van der Waals surface area contributed by atoms with Gasteiger partial charge >= 0.3 is 5.69 Å². The zero-order chi connectivity index (χ0) is 20.8. The maximum atomic E-state index is 14.6. The van der Waals surface area contributed by atoms with E-state index in [0.29, 0.717) is 4.57 Å². The lowest BCUT2D eigenvalue weighted by molar-refractivity contribution is -0.197. The minimum atomic E-state index is -3.45. The van der Waals surface area contributed by atoms with Crippen molar-refractivity contribution in [3.63, 3.8) is 0 Å².